The molecule has 0 aromatic carbocycles. The van der Waals surface area contributed by atoms with Crippen LogP contribution < -0.4 is 10.6 Å². The van der Waals surface area contributed by atoms with Gasteiger partial charge in [-0.2, -0.15) is 5.10 Å². The normalized spacial score (nSPS) is 10.5. The molecule has 0 unspecified atom stereocenters. The van der Waals surface area contributed by atoms with Gasteiger partial charge in [0.2, 0.25) is 0 Å². The quantitative estimate of drug-likeness (QED) is 0.900. The second-order valence-electron chi connectivity index (χ2n) is 4.59. The third-order valence-electron chi connectivity index (χ3n) is 3.25. The van der Waals surface area contributed by atoms with Crippen molar-refractivity contribution < 1.29 is 0 Å². The van der Waals surface area contributed by atoms with Crippen LogP contribution >= 0.6 is 0 Å². The summed E-state index contributed by atoms with van der Waals surface area (Å²) in [4.78, 5) is 6.35. The lowest BCUT2D eigenvalue weighted by Gasteiger charge is -2.21. The van der Waals surface area contributed by atoms with Crippen molar-refractivity contribution in [1.29, 1.82) is 0 Å². The lowest BCUT2D eigenvalue weighted by atomic mass is 10.1. The molecule has 0 aliphatic rings. The van der Waals surface area contributed by atoms with E-state index in [1.165, 1.54) is 0 Å². The molecule has 2 rings (SSSR count). The molecule has 2 heterocycles. The molecule has 5 heteroatoms. The lowest BCUT2D eigenvalue weighted by molar-refractivity contribution is 0.809. The Kier molecular flexibility index (Phi) is 4.06. The largest absolute Gasteiger partial charge is 0.352 e. The Labute approximate surface area is 113 Å². The fraction of sp³-hybridized carbons (Fsp3) is 0.357. The van der Waals surface area contributed by atoms with Crippen molar-refractivity contribution in [1.82, 2.24) is 15.2 Å². The van der Waals surface area contributed by atoms with Gasteiger partial charge in [0, 0.05) is 25.4 Å². The zero-order chi connectivity index (χ0) is 13.8. The Hall–Kier alpha value is -2.01. The highest BCUT2D eigenvalue weighted by atomic mass is 15.3. The first-order valence-corrected chi connectivity index (χ1v) is 6.27. The first kappa shape index (κ1) is 13.4. The minimum Gasteiger partial charge on any atom is -0.352 e. The number of anilines is 1. The summed E-state index contributed by atoms with van der Waals surface area (Å²) in [6, 6.07) is 5.88. The molecule has 19 heavy (non-hydrogen) atoms. The summed E-state index contributed by atoms with van der Waals surface area (Å²) in [5.74, 6) is 0.830. The predicted molar refractivity (Wildman–Crippen MR) is 75.7 cm³/mol. The fourth-order valence-electron chi connectivity index (χ4n) is 2.00. The molecular weight excluding hydrogens is 238 g/mol. The topological polar surface area (TPSA) is 67.9 Å². The third-order valence-corrected chi connectivity index (χ3v) is 3.25. The molecule has 0 radical (unpaired) electrons. The van der Waals surface area contributed by atoms with Gasteiger partial charge in [0.25, 0.3) is 0 Å². The van der Waals surface area contributed by atoms with Gasteiger partial charge < -0.3 is 10.6 Å². The van der Waals surface area contributed by atoms with E-state index in [2.05, 4.69) is 15.2 Å². The molecule has 0 atom stereocenters. The van der Waals surface area contributed by atoms with Crippen molar-refractivity contribution in [2.45, 2.75) is 26.9 Å². The molecule has 100 valence electrons. The number of aryl methyl sites for hydroxylation is 1. The summed E-state index contributed by atoms with van der Waals surface area (Å²) >= 11 is 0. The van der Waals surface area contributed by atoms with Gasteiger partial charge in [0.1, 0.15) is 0 Å². The van der Waals surface area contributed by atoms with Crippen LogP contribution in [0.25, 0.3) is 0 Å². The van der Waals surface area contributed by atoms with Crippen molar-refractivity contribution in [2.75, 3.05) is 11.9 Å². The van der Waals surface area contributed by atoms with Gasteiger partial charge in [-0.15, -0.1) is 5.10 Å². The Balaban J connectivity index is 2.29. The molecule has 0 saturated heterocycles. The Bertz CT molecular complexity index is 553. The molecule has 0 spiro atoms. The Morgan fingerprint density at radius 3 is 2.63 bits per heavy atom. The molecule has 0 fully saturated rings. The minimum atomic E-state index is 0.462. The molecule has 0 amide bonds. The van der Waals surface area contributed by atoms with Crippen LogP contribution in [0.4, 0.5) is 5.82 Å². The van der Waals surface area contributed by atoms with E-state index in [1.54, 1.807) is 6.20 Å². The highest BCUT2D eigenvalue weighted by Crippen LogP contribution is 2.21. The smallest absolute Gasteiger partial charge is 0.156 e. The summed E-state index contributed by atoms with van der Waals surface area (Å²) in [5.41, 5.74) is 9.92. The number of pyridine rings is 1. The number of hydrogen-bond acceptors (Lipinski definition) is 5. The number of rotatable bonds is 4. The second-order valence-corrected chi connectivity index (χ2v) is 4.59. The van der Waals surface area contributed by atoms with E-state index in [-0.39, 0.29) is 0 Å². The Morgan fingerprint density at radius 1 is 1.21 bits per heavy atom. The molecule has 2 aromatic rings. The number of hydrogen-bond donors (Lipinski definition) is 1. The summed E-state index contributed by atoms with van der Waals surface area (Å²) in [5, 5.41) is 8.46. The zero-order valence-corrected chi connectivity index (χ0v) is 11.6. The van der Waals surface area contributed by atoms with Crippen LogP contribution in [-0.4, -0.2) is 22.2 Å². The Morgan fingerprint density at radius 2 is 2.00 bits per heavy atom. The van der Waals surface area contributed by atoms with E-state index in [4.69, 9.17) is 5.73 Å². The van der Waals surface area contributed by atoms with Crippen molar-refractivity contribution in [3.05, 3.63) is 46.9 Å². The minimum absolute atomic E-state index is 0.462. The standard InChI is InChI=1S/C14H19N5/c1-10-11(2)17-18-14(13(10)8-15)19(3)9-12-6-4-5-7-16-12/h4-7H,8-9,15H2,1-3H3. The third kappa shape index (κ3) is 2.88. The molecule has 5 nitrogen and oxygen atoms in total. The van der Waals surface area contributed by atoms with Gasteiger partial charge in [-0.25, -0.2) is 0 Å². The predicted octanol–water partition coefficient (Wildman–Crippen LogP) is 1.58. The van der Waals surface area contributed by atoms with Gasteiger partial charge in [-0.1, -0.05) is 6.07 Å². The van der Waals surface area contributed by atoms with E-state index < -0.39 is 0 Å². The maximum atomic E-state index is 5.84. The molecule has 0 saturated carbocycles. The fourth-order valence-corrected chi connectivity index (χ4v) is 2.00. The highest BCUT2D eigenvalue weighted by molar-refractivity contribution is 5.50. The molecule has 0 aliphatic heterocycles. The van der Waals surface area contributed by atoms with Crippen LogP contribution in [0.3, 0.4) is 0 Å². The van der Waals surface area contributed by atoms with Gasteiger partial charge in [-0.3, -0.25) is 4.98 Å². The van der Waals surface area contributed by atoms with Crippen molar-refractivity contribution in [2.24, 2.45) is 5.73 Å². The van der Waals surface area contributed by atoms with E-state index in [9.17, 15) is 0 Å². The monoisotopic (exact) mass is 257 g/mol. The molecule has 2 N–H and O–H groups in total. The summed E-state index contributed by atoms with van der Waals surface area (Å²) < 4.78 is 0. The molecule has 2 aromatic heterocycles. The molecular formula is C14H19N5. The van der Waals surface area contributed by atoms with Crippen molar-refractivity contribution in [3.8, 4) is 0 Å². The number of nitrogens with zero attached hydrogens (tertiary/aromatic N) is 4. The van der Waals surface area contributed by atoms with Crippen LogP contribution in [-0.2, 0) is 13.1 Å². The highest BCUT2D eigenvalue weighted by Gasteiger charge is 2.14. The van der Waals surface area contributed by atoms with Crippen molar-refractivity contribution in [3.63, 3.8) is 0 Å². The summed E-state index contributed by atoms with van der Waals surface area (Å²) in [6.07, 6.45) is 1.79. The van der Waals surface area contributed by atoms with Crippen molar-refractivity contribution >= 4 is 5.82 Å². The van der Waals surface area contributed by atoms with Gasteiger partial charge in [0.15, 0.2) is 5.82 Å². The van der Waals surface area contributed by atoms with E-state index >= 15 is 0 Å². The summed E-state index contributed by atoms with van der Waals surface area (Å²) in [6.45, 7) is 5.13. The maximum Gasteiger partial charge on any atom is 0.156 e. The van der Waals surface area contributed by atoms with E-state index in [0.29, 0.717) is 13.1 Å². The first-order chi connectivity index (χ1) is 9.13. The zero-order valence-electron chi connectivity index (χ0n) is 11.6. The van der Waals surface area contributed by atoms with E-state index in [1.807, 2.05) is 44.0 Å². The average molecular weight is 257 g/mol. The van der Waals surface area contributed by atoms with Crippen LogP contribution in [0.1, 0.15) is 22.5 Å². The maximum absolute atomic E-state index is 5.84. The van der Waals surface area contributed by atoms with Crippen LogP contribution in [0.5, 0.6) is 0 Å². The van der Waals surface area contributed by atoms with Gasteiger partial charge in [-0.05, 0) is 31.5 Å². The van der Waals surface area contributed by atoms with Crippen LogP contribution in [0, 0.1) is 13.8 Å². The molecule has 0 bridgehead atoms. The van der Waals surface area contributed by atoms with E-state index in [0.717, 1.165) is 28.3 Å². The van der Waals surface area contributed by atoms with Gasteiger partial charge in [0.05, 0.1) is 17.9 Å². The first-order valence-electron chi connectivity index (χ1n) is 6.27. The summed E-state index contributed by atoms with van der Waals surface area (Å²) in [7, 11) is 1.98. The number of nitrogens with two attached hydrogens (primary N) is 1. The second kappa shape index (κ2) is 5.75. The SMILES string of the molecule is Cc1nnc(N(C)Cc2ccccn2)c(CN)c1C. The average Bonchev–Trinajstić information content (AvgIpc) is 2.42. The number of aromatic nitrogens is 3. The lowest BCUT2D eigenvalue weighted by Crippen LogP contribution is -2.22. The molecule has 0 aliphatic carbocycles. The van der Waals surface area contributed by atoms with Gasteiger partial charge >= 0.3 is 0 Å². The van der Waals surface area contributed by atoms with Crippen LogP contribution in [0.15, 0.2) is 24.4 Å². The van der Waals surface area contributed by atoms with Crippen LogP contribution in [0.2, 0.25) is 0 Å².